The maximum absolute atomic E-state index is 14.7. The topological polar surface area (TPSA) is 176 Å². The Morgan fingerprint density at radius 2 is 1.40 bits per heavy atom. The fraction of sp³-hybridized carbons (Fsp3) is 0.566. The first kappa shape index (κ1) is 51.1. The van der Waals surface area contributed by atoms with Gasteiger partial charge in [-0.2, -0.15) is 0 Å². The molecule has 14 heteroatoms. The molecule has 4 N–H and O–H groups in total. The number of carbonyl (C=O) groups excluding carboxylic acids is 5. The normalized spacial score (nSPS) is 19.3. The highest BCUT2D eigenvalue weighted by Gasteiger charge is 2.45. The summed E-state index contributed by atoms with van der Waals surface area (Å²) in [6.07, 6.45) is 2.14. The number of rotatable bonds is 20. The third kappa shape index (κ3) is 11.7. The monoisotopic (exact) mass is 924 g/mol. The van der Waals surface area contributed by atoms with Crippen LogP contribution >= 0.6 is 0 Å². The number of carbonyl (C=O) groups is 5. The quantitative estimate of drug-likeness (QED) is 0.0956. The molecule has 0 spiro atoms. The molecule has 3 aromatic carbocycles. The van der Waals surface area contributed by atoms with E-state index in [1.807, 2.05) is 80.6 Å². The minimum absolute atomic E-state index is 0.00110. The van der Waals surface area contributed by atoms with E-state index in [1.165, 1.54) is 0 Å². The van der Waals surface area contributed by atoms with Crippen molar-refractivity contribution in [2.45, 2.75) is 140 Å². The molecule has 0 aromatic heterocycles. The number of aliphatic hydroxyl groups is 1. The molecule has 3 aromatic rings. The number of hydrogen-bond acceptors (Lipinski definition) is 9. The molecule has 1 aliphatic heterocycles. The Kier molecular flexibility index (Phi) is 17.3. The highest BCUT2D eigenvalue weighted by atomic mass is 16.5. The van der Waals surface area contributed by atoms with Crippen LogP contribution in [0.3, 0.4) is 0 Å². The first-order valence-corrected chi connectivity index (χ1v) is 24.1. The summed E-state index contributed by atoms with van der Waals surface area (Å²) in [6.45, 7) is 11.0. The van der Waals surface area contributed by atoms with Gasteiger partial charge in [-0.05, 0) is 86.1 Å². The fourth-order valence-corrected chi connectivity index (χ4v) is 10.6. The fourth-order valence-electron chi connectivity index (χ4n) is 10.6. The first-order chi connectivity index (χ1) is 32.0. The molecule has 14 nitrogen and oxygen atoms in total. The Labute approximate surface area is 396 Å². The van der Waals surface area contributed by atoms with E-state index in [2.05, 4.69) is 28.1 Å². The molecule has 1 heterocycles. The number of fused-ring (bicyclic) bond motifs is 3. The number of likely N-dealkylation sites (N-methyl/N-ethyl adjacent to an activating group) is 1. The van der Waals surface area contributed by atoms with Crippen molar-refractivity contribution < 1.29 is 43.3 Å². The van der Waals surface area contributed by atoms with Crippen LogP contribution in [0.25, 0.3) is 11.1 Å². The second-order valence-electron chi connectivity index (χ2n) is 19.7. The van der Waals surface area contributed by atoms with E-state index in [0.29, 0.717) is 18.5 Å². The molecule has 2 aliphatic carbocycles. The zero-order valence-corrected chi connectivity index (χ0v) is 40.8. The number of nitrogens with one attached hydrogen (secondary N) is 3. The minimum atomic E-state index is -1.44. The van der Waals surface area contributed by atoms with E-state index in [0.717, 1.165) is 54.4 Å². The molecule has 6 rings (SSSR count). The van der Waals surface area contributed by atoms with Crippen molar-refractivity contribution in [3.8, 4) is 11.1 Å². The summed E-state index contributed by atoms with van der Waals surface area (Å²) in [7, 11) is 4.84. The summed E-state index contributed by atoms with van der Waals surface area (Å²) >= 11 is 0. The van der Waals surface area contributed by atoms with Gasteiger partial charge < -0.3 is 45.1 Å². The number of likely N-dealkylation sites (tertiary alicyclic amines) is 1. The summed E-state index contributed by atoms with van der Waals surface area (Å²) in [6, 6.07) is 22.9. The Hall–Kier alpha value is -5.31. The maximum Gasteiger partial charge on any atom is 0.408 e. The van der Waals surface area contributed by atoms with Crippen LogP contribution < -0.4 is 16.0 Å². The summed E-state index contributed by atoms with van der Waals surface area (Å²) < 4.78 is 17.9. The van der Waals surface area contributed by atoms with Crippen molar-refractivity contribution in [2.75, 3.05) is 34.4 Å². The average Bonchev–Trinajstić information content (AvgIpc) is 4.10. The second-order valence-corrected chi connectivity index (χ2v) is 19.7. The van der Waals surface area contributed by atoms with Gasteiger partial charge in [0.05, 0.1) is 48.8 Å². The van der Waals surface area contributed by atoms with Crippen molar-refractivity contribution in [3.05, 3.63) is 95.6 Å². The number of ether oxygens (including phenoxy) is 3. The molecule has 0 radical (unpaired) electrons. The molecular weight excluding hydrogens is 851 g/mol. The third-order valence-electron chi connectivity index (χ3n) is 14.4. The molecule has 1 saturated heterocycles. The summed E-state index contributed by atoms with van der Waals surface area (Å²) in [5, 5.41) is 19.6. The van der Waals surface area contributed by atoms with Gasteiger partial charge in [0.2, 0.25) is 23.6 Å². The van der Waals surface area contributed by atoms with Gasteiger partial charge in [0.1, 0.15) is 18.2 Å². The highest BCUT2D eigenvalue weighted by molar-refractivity contribution is 5.94. The number of amides is 5. The average molecular weight is 924 g/mol. The number of benzene rings is 3. The van der Waals surface area contributed by atoms with Crippen molar-refractivity contribution in [2.24, 2.45) is 17.8 Å². The number of methoxy groups -OCH3 is 2. The van der Waals surface area contributed by atoms with Crippen molar-refractivity contribution in [3.63, 3.8) is 0 Å². The van der Waals surface area contributed by atoms with Crippen LogP contribution in [0.15, 0.2) is 78.9 Å². The van der Waals surface area contributed by atoms with Crippen LogP contribution in [-0.4, -0.2) is 121 Å². The van der Waals surface area contributed by atoms with Crippen molar-refractivity contribution in [1.29, 1.82) is 0 Å². The van der Waals surface area contributed by atoms with Crippen LogP contribution in [0.4, 0.5) is 4.79 Å². The summed E-state index contributed by atoms with van der Waals surface area (Å²) in [5.41, 5.74) is 3.63. The Morgan fingerprint density at radius 3 is 1.99 bits per heavy atom. The number of hydrogen-bond donors (Lipinski definition) is 4. The van der Waals surface area contributed by atoms with E-state index in [1.54, 1.807) is 58.8 Å². The zero-order chi connectivity index (χ0) is 48.6. The van der Waals surface area contributed by atoms with Crippen LogP contribution in [0.5, 0.6) is 0 Å². The van der Waals surface area contributed by atoms with E-state index in [-0.39, 0.29) is 54.5 Å². The highest BCUT2D eigenvalue weighted by Crippen LogP contribution is 2.44. The van der Waals surface area contributed by atoms with Gasteiger partial charge in [0.25, 0.3) is 0 Å². The van der Waals surface area contributed by atoms with E-state index in [4.69, 9.17) is 14.2 Å². The number of aliphatic hydroxyl groups excluding tert-OH is 1. The van der Waals surface area contributed by atoms with Gasteiger partial charge in [0, 0.05) is 33.7 Å². The van der Waals surface area contributed by atoms with E-state index >= 15 is 0 Å². The third-order valence-corrected chi connectivity index (χ3v) is 14.4. The largest absolute Gasteiger partial charge is 0.449 e. The van der Waals surface area contributed by atoms with E-state index in [9.17, 15) is 29.1 Å². The van der Waals surface area contributed by atoms with Gasteiger partial charge in [-0.25, -0.2) is 4.79 Å². The molecule has 0 unspecified atom stereocenters. The molecule has 1 saturated carbocycles. The Balaban J connectivity index is 1.09. The lowest BCUT2D eigenvalue weighted by Gasteiger charge is -2.41. The lowest BCUT2D eigenvalue weighted by atomic mass is 9.88. The molecule has 2 fully saturated rings. The predicted octanol–water partition coefficient (Wildman–Crippen LogP) is 6.75. The molecule has 0 bridgehead atoms. The zero-order valence-electron chi connectivity index (χ0n) is 40.8. The van der Waals surface area contributed by atoms with Gasteiger partial charge in [0.15, 0.2) is 0 Å². The molecular formula is C53H73N5O9. The first-order valence-electron chi connectivity index (χ1n) is 24.1. The van der Waals surface area contributed by atoms with Crippen molar-refractivity contribution in [1.82, 2.24) is 25.8 Å². The summed E-state index contributed by atoms with van der Waals surface area (Å²) in [5.74, 6) is -2.36. The molecule has 5 amide bonds. The maximum atomic E-state index is 14.7. The lowest BCUT2D eigenvalue weighted by molar-refractivity contribution is -0.148. The molecule has 8 atom stereocenters. The van der Waals surface area contributed by atoms with E-state index < -0.39 is 59.9 Å². The SMILES string of the molecule is CO[C@H]([C@@H](C)C(=O)N[C@H](C)[C@@H](O)c1ccccc1)[C@@H]1CCCN1C(=O)C[C@@H](OC)[C@H](C1CCCC1)N(C)C(=O)[C@@H](NC(=O)C(C)(C)NC(=O)OCC1c2ccccc2-c2ccccc21)C(C)C. The predicted molar refractivity (Wildman–Crippen MR) is 257 cm³/mol. The van der Waals surface area contributed by atoms with Crippen LogP contribution in [0.2, 0.25) is 0 Å². The van der Waals surface area contributed by atoms with Gasteiger partial charge in [-0.1, -0.05) is 112 Å². The van der Waals surface area contributed by atoms with Crippen LogP contribution in [0.1, 0.15) is 115 Å². The van der Waals surface area contributed by atoms with Crippen LogP contribution in [-0.2, 0) is 33.4 Å². The van der Waals surface area contributed by atoms with Gasteiger partial charge >= 0.3 is 6.09 Å². The Bertz CT molecular complexity index is 2130. The molecule has 3 aliphatic rings. The Morgan fingerprint density at radius 1 is 0.806 bits per heavy atom. The van der Waals surface area contributed by atoms with Gasteiger partial charge in [-0.15, -0.1) is 0 Å². The minimum Gasteiger partial charge on any atom is -0.449 e. The standard InChI is InChI=1S/C53H73N5O9/c1-32(2)45(55-51(63)53(5,6)56-52(64)67-31-41-39-26-17-15-24-37(39)38-25-16-18-27-40(38)41)50(62)57(7)46(35-20-13-14-21-35)43(65-8)30-44(59)58-29-19-28-42(58)48(66-9)33(3)49(61)54-34(4)47(60)36-22-11-10-12-23-36/h10-12,15-18,22-27,32-35,41-43,45-48,60H,13-14,19-21,28-31H2,1-9H3,(H,54,61)(H,55,63)(H,56,64)/t33-,34-,42+,43-,45+,46+,47-,48-/m1/s1. The molecule has 364 valence electrons. The van der Waals surface area contributed by atoms with Crippen molar-refractivity contribution >= 4 is 29.7 Å². The van der Waals surface area contributed by atoms with Gasteiger partial charge in [-0.3, -0.25) is 19.2 Å². The number of alkyl carbamates (subject to hydrolysis) is 1. The van der Waals surface area contributed by atoms with Crippen LogP contribution in [0, 0.1) is 17.8 Å². The number of nitrogens with zero attached hydrogens (tertiary/aromatic N) is 2. The lowest BCUT2D eigenvalue weighted by Crippen LogP contribution is -2.62. The molecule has 67 heavy (non-hydrogen) atoms. The summed E-state index contributed by atoms with van der Waals surface area (Å²) in [4.78, 5) is 73.5. The smallest absolute Gasteiger partial charge is 0.408 e. The second kappa shape index (κ2) is 22.7.